The average Bonchev–Trinajstić information content (AvgIpc) is 3.04. The van der Waals surface area contributed by atoms with Crippen LogP contribution in [0.1, 0.15) is 24.3 Å². The molecule has 0 aliphatic carbocycles. The first-order valence-corrected chi connectivity index (χ1v) is 8.17. The summed E-state index contributed by atoms with van der Waals surface area (Å²) in [7, 11) is 1.84. The van der Waals surface area contributed by atoms with Crippen LogP contribution < -0.4 is 10.6 Å². The van der Waals surface area contributed by atoms with Gasteiger partial charge in [0.1, 0.15) is 17.4 Å². The molecular weight excluding hydrogens is 300 g/mol. The number of amides is 1. The normalized spacial score (nSPS) is 13.6. The zero-order valence-electron chi connectivity index (χ0n) is 14.0. The predicted molar refractivity (Wildman–Crippen MR) is 95.7 cm³/mol. The molecule has 0 saturated carbocycles. The van der Waals surface area contributed by atoms with Crippen LogP contribution in [0.3, 0.4) is 0 Å². The molecule has 2 aromatic carbocycles. The molecule has 1 aromatic heterocycles. The second kappa shape index (κ2) is 7.32. The van der Waals surface area contributed by atoms with E-state index in [-0.39, 0.29) is 17.9 Å². The Morgan fingerprint density at radius 3 is 2.50 bits per heavy atom. The van der Waals surface area contributed by atoms with Gasteiger partial charge in [-0.15, -0.1) is 0 Å². The molecule has 2 N–H and O–H groups in total. The maximum absolute atomic E-state index is 12.5. The van der Waals surface area contributed by atoms with Crippen LogP contribution in [0.4, 0.5) is 0 Å². The molecule has 0 aliphatic heterocycles. The summed E-state index contributed by atoms with van der Waals surface area (Å²) in [6.45, 7) is 2.54. The van der Waals surface area contributed by atoms with Gasteiger partial charge < -0.3 is 15.1 Å². The van der Waals surface area contributed by atoms with Gasteiger partial charge in [-0.05, 0) is 24.7 Å². The van der Waals surface area contributed by atoms with Crippen LogP contribution in [0.25, 0.3) is 11.0 Å². The number of hydrogen-bond acceptors (Lipinski definition) is 3. The minimum Gasteiger partial charge on any atom is -0.459 e. The number of hydrogen-bond donors (Lipinski definition) is 2. The van der Waals surface area contributed by atoms with Gasteiger partial charge in [-0.1, -0.05) is 55.5 Å². The number of nitrogens with one attached hydrogen (secondary N) is 2. The minimum atomic E-state index is -0.301. The first-order chi connectivity index (χ1) is 11.7. The molecule has 1 amide bonds. The largest absolute Gasteiger partial charge is 0.459 e. The molecular formula is C20H22N2O2. The standard InChI is InChI=1S/C20H22N2O2/c1-14(13-21-2)20(23)22-19(15-8-4-3-5-9-15)18-12-16-10-6-7-11-17(16)24-18/h3-12,14,19,21H,13H2,1-2H3,(H,22,23). The van der Waals surface area contributed by atoms with Crippen molar-refractivity contribution in [3.8, 4) is 0 Å². The lowest BCUT2D eigenvalue weighted by atomic mass is 10.0. The molecule has 24 heavy (non-hydrogen) atoms. The summed E-state index contributed by atoms with van der Waals surface area (Å²) in [5.74, 6) is 0.622. The monoisotopic (exact) mass is 322 g/mol. The Morgan fingerprint density at radius 2 is 1.79 bits per heavy atom. The zero-order valence-corrected chi connectivity index (χ0v) is 14.0. The maximum Gasteiger partial charge on any atom is 0.224 e. The summed E-state index contributed by atoms with van der Waals surface area (Å²) in [6, 6.07) is 19.5. The molecule has 2 atom stereocenters. The third-order valence-corrected chi connectivity index (χ3v) is 4.11. The van der Waals surface area contributed by atoms with Gasteiger partial charge in [0, 0.05) is 17.8 Å². The molecule has 124 valence electrons. The summed E-state index contributed by atoms with van der Waals surface area (Å²) in [4.78, 5) is 12.5. The molecule has 0 fully saturated rings. The van der Waals surface area contributed by atoms with Crippen molar-refractivity contribution < 1.29 is 9.21 Å². The first-order valence-electron chi connectivity index (χ1n) is 8.17. The Balaban J connectivity index is 1.94. The highest BCUT2D eigenvalue weighted by Crippen LogP contribution is 2.28. The lowest BCUT2D eigenvalue weighted by molar-refractivity contribution is -0.125. The zero-order chi connectivity index (χ0) is 16.9. The van der Waals surface area contributed by atoms with Gasteiger partial charge in [0.25, 0.3) is 0 Å². The molecule has 0 bridgehead atoms. The van der Waals surface area contributed by atoms with Crippen molar-refractivity contribution >= 4 is 16.9 Å². The number of fused-ring (bicyclic) bond motifs is 1. The summed E-state index contributed by atoms with van der Waals surface area (Å²) < 4.78 is 5.99. The Hall–Kier alpha value is -2.59. The van der Waals surface area contributed by atoms with Gasteiger partial charge in [-0.25, -0.2) is 0 Å². The van der Waals surface area contributed by atoms with Gasteiger partial charge in [-0.2, -0.15) is 0 Å². The second-order valence-corrected chi connectivity index (χ2v) is 6.00. The van der Waals surface area contributed by atoms with Gasteiger partial charge in [0.05, 0.1) is 0 Å². The third kappa shape index (κ3) is 3.49. The van der Waals surface area contributed by atoms with Crippen LogP contribution in [-0.4, -0.2) is 19.5 Å². The SMILES string of the molecule is CNCC(C)C(=O)NC(c1ccccc1)c1cc2ccccc2o1. The number of carbonyl (C=O) groups is 1. The van der Waals surface area contributed by atoms with Crippen LogP contribution in [-0.2, 0) is 4.79 Å². The highest BCUT2D eigenvalue weighted by molar-refractivity contribution is 5.81. The predicted octanol–water partition coefficient (Wildman–Crippen LogP) is 3.49. The van der Waals surface area contributed by atoms with E-state index >= 15 is 0 Å². The van der Waals surface area contributed by atoms with E-state index in [1.54, 1.807) is 0 Å². The molecule has 3 aromatic rings. The van der Waals surface area contributed by atoms with Crippen molar-refractivity contribution in [2.24, 2.45) is 5.92 Å². The van der Waals surface area contributed by atoms with E-state index in [1.807, 2.05) is 74.6 Å². The quantitative estimate of drug-likeness (QED) is 0.730. The molecule has 0 saturated heterocycles. The fraction of sp³-hybridized carbons (Fsp3) is 0.250. The number of rotatable bonds is 6. The Labute approximate surface area is 141 Å². The average molecular weight is 322 g/mol. The van der Waals surface area contributed by atoms with E-state index in [9.17, 15) is 4.79 Å². The van der Waals surface area contributed by atoms with Crippen LogP contribution in [0, 0.1) is 5.92 Å². The summed E-state index contributed by atoms with van der Waals surface area (Å²) >= 11 is 0. The highest BCUT2D eigenvalue weighted by atomic mass is 16.3. The highest BCUT2D eigenvalue weighted by Gasteiger charge is 2.23. The van der Waals surface area contributed by atoms with Gasteiger partial charge in [0.15, 0.2) is 0 Å². The topological polar surface area (TPSA) is 54.3 Å². The molecule has 3 rings (SSSR count). The van der Waals surface area contributed by atoms with E-state index in [0.717, 1.165) is 22.3 Å². The van der Waals surface area contributed by atoms with Crippen molar-refractivity contribution in [1.29, 1.82) is 0 Å². The van der Waals surface area contributed by atoms with Crippen molar-refractivity contribution in [2.45, 2.75) is 13.0 Å². The van der Waals surface area contributed by atoms with Gasteiger partial charge in [0.2, 0.25) is 5.91 Å². The molecule has 4 heteroatoms. The molecule has 0 aliphatic rings. The molecule has 1 heterocycles. The van der Waals surface area contributed by atoms with Crippen LogP contribution in [0.15, 0.2) is 65.1 Å². The first kappa shape index (κ1) is 16.3. The number of para-hydroxylation sites is 1. The fourth-order valence-corrected chi connectivity index (χ4v) is 2.79. The summed E-state index contributed by atoms with van der Waals surface area (Å²) in [5.41, 5.74) is 1.83. The van der Waals surface area contributed by atoms with E-state index < -0.39 is 0 Å². The Bertz CT molecular complexity index is 778. The molecule has 4 nitrogen and oxygen atoms in total. The molecule has 0 radical (unpaired) electrons. The Kier molecular flexibility index (Phi) is 4.96. The number of carbonyl (C=O) groups excluding carboxylic acids is 1. The lowest BCUT2D eigenvalue weighted by Gasteiger charge is -2.20. The summed E-state index contributed by atoms with van der Waals surface area (Å²) in [5, 5.41) is 7.19. The van der Waals surface area contributed by atoms with Gasteiger partial charge in [-0.3, -0.25) is 4.79 Å². The number of furan rings is 1. The minimum absolute atomic E-state index is 0.00124. The second-order valence-electron chi connectivity index (χ2n) is 6.00. The van der Waals surface area contributed by atoms with E-state index in [2.05, 4.69) is 10.6 Å². The fourth-order valence-electron chi connectivity index (χ4n) is 2.79. The molecule has 0 spiro atoms. The summed E-state index contributed by atoms with van der Waals surface area (Å²) in [6.07, 6.45) is 0. The lowest BCUT2D eigenvalue weighted by Crippen LogP contribution is -2.37. The molecule has 2 unspecified atom stereocenters. The van der Waals surface area contributed by atoms with Gasteiger partial charge >= 0.3 is 0 Å². The van der Waals surface area contributed by atoms with Crippen molar-refractivity contribution in [3.63, 3.8) is 0 Å². The van der Waals surface area contributed by atoms with E-state index in [4.69, 9.17) is 4.42 Å². The van der Waals surface area contributed by atoms with Crippen LogP contribution >= 0.6 is 0 Å². The van der Waals surface area contributed by atoms with Crippen LogP contribution in [0.5, 0.6) is 0 Å². The van der Waals surface area contributed by atoms with Crippen molar-refractivity contribution in [1.82, 2.24) is 10.6 Å². The van der Waals surface area contributed by atoms with E-state index in [0.29, 0.717) is 6.54 Å². The number of benzene rings is 2. The van der Waals surface area contributed by atoms with Crippen molar-refractivity contribution in [2.75, 3.05) is 13.6 Å². The van der Waals surface area contributed by atoms with E-state index in [1.165, 1.54) is 0 Å². The smallest absolute Gasteiger partial charge is 0.224 e. The third-order valence-electron chi connectivity index (χ3n) is 4.11. The van der Waals surface area contributed by atoms with Crippen LogP contribution in [0.2, 0.25) is 0 Å². The van der Waals surface area contributed by atoms with Crippen molar-refractivity contribution in [3.05, 3.63) is 72.0 Å². The maximum atomic E-state index is 12.5. The Morgan fingerprint density at radius 1 is 1.08 bits per heavy atom.